The van der Waals surface area contributed by atoms with E-state index >= 15 is 0 Å². The van der Waals surface area contributed by atoms with E-state index in [1.165, 1.54) is 24.2 Å². The zero-order chi connectivity index (χ0) is 12.8. The topological polar surface area (TPSA) is 66.9 Å². The summed E-state index contributed by atoms with van der Waals surface area (Å²) in [6.45, 7) is 3.11. The van der Waals surface area contributed by atoms with Gasteiger partial charge in [-0.1, -0.05) is 31.1 Å². The van der Waals surface area contributed by atoms with Crippen molar-refractivity contribution in [2.75, 3.05) is 11.9 Å². The lowest BCUT2D eigenvalue weighted by Gasteiger charge is -2.07. The van der Waals surface area contributed by atoms with Gasteiger partial charge in [-0.3, -0.25) is 10.1 Å². The Bertz CT molecular complexity index is 387. The smallest absolute Gasteiger partial charge is 0.243 e. The molecule has 1 saturated heterocycles. The highest BCUT2D eigenvalue weighted by molar-refractivity contribution is 7.15. The Morgan fingerprint density at radius 2 is 2.39 bits per heavy atom. The fourth-order valence-electron chi connectivity index (χ4n) is 2.03. The molecule has 100 valence electrons. The normalized spacial score (nSPS) is 19.1. The molecule has 2 heterocycles. The van der Waals surface area contributed by atoms with E-state index in [-0.39, 0.29) is 11.9 Å². The highest BCUT2D eigenvalue weighted by atomic mass is 32.1. The summed E-state index contributed by atoms with van der Waals surface area (Å²) < 4.78 is 0. The van der Waals surface area contributed by atoms with Gasteiger partial charge < -0.3 is 5.32 Å². The van der Waals surface area contributed by atoms with Crippen LogP contribution < -0.4 is 10.6 Å². The van der Waals surface area contributed by atoms with Crippen molar-refractivity contribution in [1.29, 1.82) is 0 Å². The summed E-state index contributed by atoms with van der Waals surface area (Å²) in [5, 5.41) is 15.8. The molecule has 0 bridgehead atoms. The minimum Gasteiger partial charge on any atom is -0.306 e. The maximum atomic E-state index is 11.8. The molecule has 1 atom stereocenters. The van der Waals surface area contributed by atoms with Crippen molar-refractivity contribution < 1.29 is 4.79 Å². The van der Waals surface area contributed by atoms with Gasteiger partial charge in [-0.25, -0.2) is 0 Å². The number of anilines is 1. The Hall–Kier alpha value is -1.01. The number of aryl methyl sites for hydroxylation is 1. The van der Waals surface area contributed by atoms with Crippen molar-refractivity contribution in [3.05, 3.63) is 5.01 Å². The Balaban J connectivity index is 1.80. The lowest BCUT2D eigenvalue weighted by Crippen LogP contribution is -2.35. The van der Waals surface area contributed by atoms with Crippen molar-refractivity contribution in [1.82, 2.24) is 15.5 Å². The number of nitrogens with one attached hydrogen (secondary N) is 2. The Labute approximate surface area is 111 Å². The summed E-state index contributed by atoms with van der Waals surface area (Å²) in [4.78, 5) is 11.8. The lowest BCUT2D eigenvalue weighted by molar-refractivity contribution is -0.117. The van der Waals surface area contributed by atoms with Crippen LogP contribution in [0.3, 0.4) is 0 Å². The van der Waals surface area contributed by atoms with E-state index < -0.39 is 0 Å². The predicted octanol–water partition coefficient (Wildman–Crippen LogP) is 1.96. The van der Waals surface area contributed by atoms with Crippen LogP contribution >= 0.6 is 11.3 Å². The number of carbonyl (C=O) groups excluding carboxylic acids is 1. The number of hydrogen-bond acceptors (Lipinski definition) is 5. The van der Waals surface area contributed by atoms with E-state index in [4.69, 9.17) is 0 Å². The molecule has 1 aromatic rings. The fourth-order valence-corrected chi connectivity index (χ4v) is 2.82. The molecular formula is C12H20N4OS. The highest BCUT2D eigenvalue weighted by Gasteiger charge is 2.22. The van der Waals surface area contributed by atoms with Crippen molar-refractivity contribution in [2.45, 2.75) is 51.5 Å². The van der Waals surface area contributed by atoms with Gasteiger partial charge in [0.1, 0.15) is 5.01 Å². The van der Waals surface area contributed by atoms with Gasteiger partial charge in [0.15, 0.2) is 0 Å². The number of aromatic nitrogens is 2. The second kappa shape index (κ2) is 6.80. The molecule has 0 saturated carbocycles. The molecule has 0 aliphatic carbocycles. The first-order valence-electron chi connectivity index (χ1n) is 6.66. The summed E-state index contributed by atoms with van der Waals surface area (Å²) in [5.41, 5.74) is 0. The average molecular weight is 268 g/mol. The number of carbonyl (C=O) groups is 1. The van der Waals surface area contributed by atoms with Crippen molar-refractivity contribution in [3.8, 4) is 0 Å². The minimum absolute atomic E-state index is 0.0174. The first-order chi connectivity index (χ1) is 8.79. The summed E-state index contributed by atoms with van der Waals surface area (Å²) in [6, 6.07) is -0.0579. The van der Waals surface area contributed by atoms with Crippen LogP contribution in [0.25, 0.3) is 0 Å². The van der Waals surface area contributed by atoms with Crippen LogP contribution in [0.5, 0.6) is 0 Å². The lowest BCUT2D eigenvalue weighted by atomic mass is 10.2. The molecule has 1 unspecified atom stereocenters. The van der Waals surface area contributed by atoms with Crippen LogP contribution in [0.15, 0.2) is 0 Å². The second-order valence-corrected chi connectivity index (χ2v) is 5.66. The van der Waals surface area contributed by atoms with Crippen molar-refractivity contribution >= 4 is 22.4 Å². The van der Waals surface area contributed by atoms with E-state index in [1.807, 2.05) is 0 Å². The van der Waals surface area contributed by atoms with Gasteiger partial charge in [-0.15, -0.1) is 10.2 Å². The van der Waals surface area contributed by atoms with Gasteiger partial charge in [0.25, 0.3) is 0 Å². The SMILES string of the molecule is CCCCCc1nnc(NC(=O)C2CCCN2)s1. The van der Waals surface area contributed by atoms with Crippen molar-refractivity contribution in [3.63, 3.8) is 0 Å². The van der Waals surface area contributed by atoms with Gasteiger partial charge in [-0.2, -0.15) is 0 Å². The van der Waals surface area contributed by atoms with Gasteiger partial charge in [0.05, 0.1) is 6.04 Å². The quantitative estimate of drug-likeness (QED) is 0.774. The zero-order valence-electron chi connectivity index (χ0n) is 10.7. The largest absolute Gasteiger partial charge is 0.306 e. The Morgan fingerprint density at radius 1 is 1.50 bits per heavy atom. The molecule has 0 spiro atoms. The summed E-state index contributed by atoms with van der Waals surface area (Å²) in [6.07, 6.45) is 6.50. The third-order valence-corrected chi connectivity index (χ3v) is 3.97. The van der Waals surface area contributed by atoms with E-state index in [0.29, 0.717) is 5.13 Å². The first kappa shape index (κ1) is 13.4. The van der Waals surface area contributed by atoms with Crippen molar-refractivity contribution in [2.24, 2.45) is 0 Å². The monoisotopic (exact) mass is 268 g/mol. The van der Waals surface area contributed by atoms with Crippen LogP contribution in [-0.4, -0.2) is 28.7 Å². The minimum atomic E-state index is -0.0579. The third-order valence-electron chi connectivity index (χ3n) is 3.07. The molecule has 18 heavy (non-hydrogen) atoms. The molecule has 6 heteroatoms. The molecule has 1 aliphatic rings. The van der Waals surface area contributed by atoms with Crippen LogP contribution in [-0.2, 0) is 11.2 Å². The molecule has 2 rings (SSSR count). The number of rotatable bonds is 6. The fraction of sp³-hybridized carbons (Fsp3) is 0.750. The van der Waals surface area contributed by atoms with Gasteiger partial charge >= 0.3 is 0 Å². The molecule has 1 amide bonds. The van der Waals surface area contributed by atoms with E-state index in [2.05, 4.69) is 27.8 Å². The average Bonchev–Trinajstić information content (AvgIpc) is 3.00. The maximum Gasteiger partial charge on any atom is 0.243 e. The van der Waals surface area contributed by atoms with Crippen LogP contribution in [0.2, 0.25) is 0 Å². The van der Waals surface area contributed by atoms with E-state index in [0.717, 1.165) is 37.2 Å². The standard InChI is InChI=1S/C12H20N4OS/c1-2-3-4-7-10-15-16-12(18-10)14-11(17)9-6-5-8-13-9/h9,13H,2-8H2,1H3,(H,14,16,17). The number of amides is 1. The number of unbranched alkanes of at least 4 members (excludes halogenated alkanes) is 2. The van der Waals surface area contributed by atoms with Crippen LogP contribution in [0.4, 0.5) is 5.13 Å². The molecule has 0 radical (unpaired) electrons. The number of hydrogen-bond donors (Lipinski definition) is 2. The summed E-state index contributed by atoms with van der Waals surface area (Å²) >= 11 is 1.49. The first-order valence-corrected chi connectivity index (χ1v) is 7.48. The van der Waals surface area contributed by atoms with E-state index in [1.54, 1.807) is 0 Å². The number of nitrogens with zero attached hydrogens (tertiary/aromatic N) is 2. The molecule has 0 aromatic carbocycles. The van der Waals surface area contributed by atoms with Crippen LogP contribution in [0, 0.1) is 0 Å². The van der Waals surface area contributed by atoms with Gasteiger partial charge in [-0.05, 0) is 25.8 Å². The van der Waals surface area contributed by atoms with Crippen LogP contribution in [0.1, 0.15) is 44.0 Å². The molecule has 1 aromatic heterocycles. The Morgan fingerprint density at radius 3 is 3.11 bits per heavy atom. The molecule has 2 N–H and O–H groups in total. The molecular weight excluding hydrogens is 248 g/mol. The molecule has 1 aliphatic heterocycles. The predicted molar refractivity (Wildman–Crippen MR) is 72.8 cm³/mol. The molecule has 5 nitrogen and oxygen atoms in total. The summed E-state index contributed by atoms with van der Waals surface area (Å²) in [7, 11) is 0. The third kappa shape index (κ3) is 3.74. The summed E-state index contributed by atoms with van der Waals surface area (Å²) in [5.74, 6) is 0.0174. The Kier molecular flexibility index (Phi) is 5.07. The maximum absolute atomic E-state index is 11.8. The van der Waals surface area contributed by atoms with E-state index in [9.17, 15) is 4.79 Å². The highest BCUT2D eigenvalue weighted by Crippen LogP contribution is 2.18. The second-order valence-electron chi connectivity index (χ2n) is 4.60. The van der Waals surface area contributed by atoms with Gasteiger partial charge in [0.2, 0.25) is 11.0 Å². The van der Waals surface area contributed by atoms with Gasteiger partial charge in [0, 0.05) is 6.42 Å². The molecule has 1 fully saturated rings. The zero-order valence-corrected chi connectivity index (χ0v) is 11.6.